The van der Waals surface area contributed by atoms with E-state index in [2.05, 4.69) is 27.7 Å². The van der Waals surface area contributed by atoms with Crippen LogP contribution in [-0.2, 0) is 9.59 Å². The summed E-state index contributed by atoms with van der Waals surface area (Å²) in [5.41, 5.74) is 0.680. The summed E-state index contributed by atoms with van der Waals surface area (Å²) in [6.07, 6.45) is 29.1. The lowest BCUT2D eigenvalue weighted by atomic mass is 9.66. The van der Waals surface area contributed by atoms with Gasteiger partial charge in [-0.3, -0.25) is 0 Å². The Morgan fingerprint density at radius 1 is 0.718 bits per heavy atom. The molecule has 2 saturated carbocycles. The van der Waals surface area contributed by atoms with E-state index in [9.17, 15) is 19.8 Å². The van der Waals surface area contributed by atoms with Crippen molar-refractivity contribution in [2.24, 2.45) is 22.7 Å². The van der Waals surface area contributed by atoms with Gasteiger partial charge in [0.25, 0.3) is 0 Å². The van der Waals surface area contributed by atoms with E-state index >= 15 is 0 Å². The maximum absolute atomic E-state index is 12.0. The van der Waals surface area contributed by atoms with Crippen molar-refractivity contribution in [2.75, 3.05) is 0 Å². The first-order chi connectivity index (χ1) is 18.6. The van der Waals surface area contributed by atoms with Crippen molar-refractivity contribution in [3.63, 3.8) is 0 Å². The molecule has 0 aromatic rings. The Morgan fingerprint density at radius 3 is 1.54 bits per heavy atom. The van der Waals surface area contributed by atoms with Gasteiger partial charge in [0.15, 0.2) is 0 Å². The molecule has 0 heterocycles. The molecule has 3 unspecified atom stereocenters. The van der Waals surface area contributed by atoms with Crippen molar-refractivity contribution in [2.45, 2.75) is 163 Å². The number of unbranched alkanes of at least 4 members (excludes halogenated alkanes) is 16. The Bertz CT molecular complexity index is 807. The van der Waals surface area contributed by atoms with Crippen molar-refractivity contribution in [1.29, 1.82) is 0 Å². The first-order valence-corrected chi connectivity index (χ1v) is 16.5. The number of carboxylic acid groups (broad SMARTS) is 2. The highest BCUT2D eigenvalue weighted by Gasteiger charge is 2.60. The van der Waals surface area contributed by atoms with Crippen molar-refractivity contribution in [3.8, 4) is 0 Å². The molecule has 0 aliphatic heterocycles. The molecule has 2 aliphatic rings. The maximum atomic E-state index is 12.0. The molecule has 2 rings (SSSR count). The Kier molecular flexibility index (Phi) is 14.9. The minimum atomic E-state index is -1.01. The average molecular weight is 545 g/mol. The van der Waals surface area contributed by atoms with E-state index in [1.165, 1.54) is 102 Å². The maximum Gasteiger partial charge on any atom is 0.335 e. The molecule has 0 spiro atoms. The zero-order chi connectivity index (χ0) is 28.7. The Hall–Kier alpha value is -1.58. The summed E-state index contributed by atoms with van der Waals surface area (Å²) in [5.74, 6) is -1.18. The molecule has 2 N–H and O–H groups in total. The van der Waals surface area contributed by atoms with Crippen LogP contribution < -0.4 is 0 Å². The van der Waals surface area contributed by atoms with Gasteiger partial charge in [0.05, 0.1) is 5.57 Å². The summed E-state index contributed by atoms with van der Waals surface area (Å²) in [4.78, 5) is 23.9. The Balaban J connectivity index is 1.62. The number of allylic oxidation sites excluding steroid dienone is 1. The van der Waals surface area contributed by atoms with Crippen molar-refractivity contribution in [3.05, 3.63) is 23.3 Å². The largest absolute Gasteiger partial charge is 0.478 e. The van der Waals surface area contributed by atoms with Crippen LogP contribution in [0.5, 0.6) is 0 Å². The summed E-state index contributed by atoms with van der Waals surface area (Å²) in [5, 5.41) is 19.6. The number of hydrogen-bond donors (Lipinski definition) is 2. The molecular weight excluding hydrogens is 484 g/mol. The van der Waals surface area contributed by atoms with Crippen molar-refractivity contribution >= 4 is 11.9 Å². The van der Waals surface area contributed by atoms with Gasteiger partial charge in [-0.1, -0.05) is 137 Å². The van der Waals surface area contributed by atoms with Gasteiger partial charge in [-0.05, 0) is 60.8 Å². The van der Waals surface area contributed by atoms with Crippen LogP contribution in [0.3, 0.4) is 0 Å². The summed E-state index contributed by atoms with van der Waals surface area (Å²) in [7, 11) is 0. The lowest BCUT2D eigenvalue weighted by molar-refractivity contribution is -0.133. The molecule has 2 bridgehead atoms. The lowest BCUT2D eigenvalue weighted by Crippen LogP contribution is -2.31. The van der Waals surface area contributed by atoms with Gasteiger partial charge in [0.2, 0.25) is 0 Å². The molecule has 0 amide bonds. The van der Waals surface area contributed by atoms with E-state index in [4.69, 9.17) is 0 Å². The predicted molar refractivity (Wildman–Crippen MR) is 163 cm³/mol. The Labute approximate surface area is 240 Å². The van der Waals surface area contributed by atoms with Crippen LogP contribution in [0.25, 0.3) is 0 Å². The first kappa shape index (κ1) is 33.6. The van der Waals surface area contributed by atoms with Crippen LogP contribution in [-0.4, -0.2) is 22.2 Å². The summed E-state index contributed by atoms with van der Waals surface area (Å²) >= 11 is 0. The molecule has 2 aliphatic carbocycles. The number of carboxylic acids is 2. The molecule has 0 aromatic carbocycles. The SMILES string of the molecule is CCCCCCCCCCCCCCCCCCCC(=CC(=CC1CC2CCC1(C)C2(C)C)C(=O)O)C(=O)O. The highest BCUT2D eigenvalue weighted by Crippen LogP contribution is 2.68. The van der Waals surface area contributed by atoms with Crippen LogP contribution in [0.15, 0.2) is 23.3 Å². The molecule has 39 heavy (non-hydrogen) atoms. The molecule has 0 saturated heterocycles. The second-order valence-electron chi connectivity index (χ2n) is 13.5. The minimum absolute atomic E-state index is 0.0865. The number of rotatable bonds is 22. The van der Waals surface area contributed by atoms with Gasteiger partial charge in [-0.2, -0.15) is 0 Å². The molecule has 224 valence electrons. The highest BCUT2D eigenvalue weighted by molar-refractivity contribution is 5.94. The molecule has 3 atom stereocenters. The third-order valence-electron chi connectivity index (χ3n) is 10.6. The molecule has 4 nitrogen and oxygen atoms in total. The predicted octanol–water partition coefficient (Wildman–Crippen LogP) is 10.5. The van der Waals surface area contributed by atoms with Gasteiger partial charge in [0, 0.05) is 5.57 Å². The number of carbonyl (C=O) groups is 2. The fourth-order valence-electron chi connectivity index (χ4n) is 7.38. The third kappa shape index (κ3) is 10.4. The fourth-order valence-corrected chi connectivity index (χ4v) is 7.38. The third-order valence-corrected chi connectivity index (χ3v) is 10.6. The Morgan fingerprint density at radius 2 is 1.18 bits per heavy atom. The van der Waals surface area contributed by atoms with E-state index in [0.29, 0.717) is 12.3 Å². The molecule has 0 aromatic heterocycles. The zero-order valence-electron chi connectivity index (χ0n) is 25.9. The normalized spacial score (nSPS) is 24.4. The van der Waals surface area contributed by atoms with Crippen LogP contribution in [0.4, 0.5) is 0 Å². The van der Waals surface area contributed by atoms with Gasteiger partial charge in [-0.15, -0.1) is 0 Å². The van der Waals surface area contributed by atoms with E-state index in [1.54, 1.807) is 0 Å². The van der Waals surface area contributed by atoms with Crippen LogP contribution in [0.1, 0.15) is 163 Å². The first-order valence-electron chi connectivity index (χ1n) is 16.5. The van der Waals surface area contributed by atoms with E-state index in [1.807, 2.05) is 6.08 Å². The number of hydrogen-bond acceptors (Lipinski definition) is 2. The molecule has 2 fully saturated rings. The van der Waals surface area contributed by atoms with Crippen molar-refractivity contribution in [1.82, 2.24) is 0 Å². The van der Waals surface area contributed by atoms with Crippen LogP contribution in [0.2, 0.25) is 0 Å². The number of fused-ring (bicyclic) bond motifs is 2. The van der Waals surface area contributed by atoms with Gasteiger partial charge < -0.3 is 10.2 Å². The zero-order valence-corrected chi connectivity index (χ0v) is 25.9. The van der Waals surface area contributed by atoms with Crippen LogP contribution in [0, 0.1) is 22.7 Å². The average Bonchev–Trinajstić information content (AvgIpc) is 3.22. The summed E-state index contributed by atoms with van der Waals surface area (Å²) in [6, 6.07) is 0. The quantitative estimate of drug-likeness (QED) is 0.0807. The smallest absolute Gasteiger partial charge is 0.335 e. The molecular formula is C35H60O4. The minimum Gasteiger partial charge on any atom is -0.478 e. The monoisotopic (exact) mass is 544 g/mol. The summed E-state index contributed by atoms with van der Waals surface area (Å²) in [6.45, 7) is 9.19. The highest BCUT2D eigenvalue weighted by atomic mass is 16.4. The summed E-state index contributed by atoms with van der Waals surface area (Å²) < 4.78 is 0. The van der Waals surface area contributed by atoms with Crippen LogP contribution >= 0.6 is 0 Å². The molecule has 4 heteroatoms. The van der Waals surface area contributed by atoms with Gasteiger partial charge >= 0.3 is 11.9 Å². The lowest BCUT2D eigenvalue weighted by Gasteiger charge is -2.38. The van der Waals surface area contributed by atoms with Crippen molar-refractivity contribution < 1.29 is 19.8 Å². The second kappa shape index (κ2) is 17.3. The van der Waals surface area contributed by atoms with E-state index in [-0.39, 0.29) is 27.9 Å². The molecule has 0 radical (unpaired) electrons. The second-order valence-corrected chi connectivity index (χ2v) is 13.5. The topological polar surface area (TPSA) is 74.6 Å². The van der Waals surface area contributed by atoms with Gasteiger partial charge in [0.1, 0.15) is 0 Å². The standard InChI is InChI=1S/C35H60O4/c1-5-6-7-8-9-10-11-12-13-14-15-16-17-18-19-20-21-22-28(32(36)37)25-29(33(38)39)26-31-27-30-23-24-35(31,4)34(30,2)3/h25-26,30-31H,5-24,27H2,1-4H3,(H,36,37)(H,38,39). The fraction of sp³-hybridized carbons (Fsp3) is 0.829. The van der Waals surface area contributed by atoms with E-state index in [0.717, 1.165) is 32.1 Å². The van der Waals surface area contributed by atoms with Gasteiger partial charge in [-0.25, -0.2) is 9.59 Å². The number of aliphatic carboxylic acids is 2. The van der Waals surface area contributed by atoms with E-state index < -0.39 is 11.9 Å².